The highest BCUT2D eigenvalue weighted by Crippen LogP contribution is 2.56. The third kappa shape index (κ3) is 2.55. The summed E-state index contributed by atoms with van der Waals surface area (Å²) in [5, 5.41) is 11.1. The van der Waals surface area contributed by atoms with Crippen molar-refractivity contribution in [2.45, 2.75) is 49.0 Å². The number of sulfonamides is 1. The molecule has 0 heterocycles. The van der Waals surface area contributed by atoms with Crippen LogP contribution < -0.4 is 4.72 Å². The summed E-state index contributed by atoms with van der Waals surface area (Å²) >= 11 is 0. The van der Waals surface area contributed by atoms with Crippen molar-refractivity contribution < 1.29 is 13.3 Å². The minimum absolute atomic E-state index is 0.222. The van der Waals surface area contributed by atoms with Gasteiger partial charge in [0.2, 0.25) is 10.0 Å². The molecule has 1 N–H and O–H groups in total. The van der Waals surface area contributed by atoms with E-state index >= 15 is 0 Å². The zero-order valence-corrected chi connectivity index (χ0v) is 13.6. The zero-order valence-electron chi connectivity index (χ0n) is 12.8. The van der Waals surface area contributed by atoms with E-state index in [0.717, 1.165) is 19.3 Å². The van der Waals surface area contributed by atoms with Crippen LogP contribution in [0.15, 0.2) is 29.2 Å². The molecule has 0 amide bonds. The Kier molecular flexibility index (Phi) is 3.29. The molecule has 1 aromatic rings. The molecule has 5 rings (SSSR count). The maximum Gasteiger partial charge on any atom is 0.289 e. The minimum Gasteiger partial charge on any atom is -0.258 e. The lowest BCUT2D eigenvalue weighted by Crippen LogP contribution is -2.59. The van der Waals surface area contributed by atoms with Gasteiger partial charge in [-0.25, -0.2) is 13.1 Å². The third-order valence-corrected chi connectivity index (χ3v) is 7.37. The van der Waals surface area contributed by atoms with Crippen LogP contribution in [0.2, 0.25) is 0 Å². The molecule has 6 nitrogen and oxygen atoms in total. The maximum atomic E-state index is 12.8. The molecule has 0 saturated heterocycles. The molecule has 7 heteroatoms. The van der Waals surface area contributed by atoms with Crippen LogP contribution in [-0.4, -0.2) is 18.9 Å². The monoisotopic (exact) mass is 336 g/mol. The van der Waals surface area contributed by atoms with E-state index < -0.39 is 20.5 Å². The molecule has 1 aromatic carbocycles. The first-order chi connectivity index (χ1) is 10.9. The molecule has 0 aliphatic heterocycles. The molecule has 0 unspecified atom stereocenters. The largest absolute Gasteiger partial charge is 0.289 e. The number of para-hydroxylation sites is 1. The fraction of sp³-hybridized carbons (Fsp3) is 0.625. The first-order valence-corrected chi connectivity index (χ1v) is 9.63. The summed E-state index contributed by atoms with van der Waals surface area (Å²) in [6.07, 6.45) is 6.27. The molecule has 4 fully saturated rings. The van der Waals surface area contributed by atoms with Crippen LogP contribution in [0.25, 0.3) is 0 Å². The molecule has 4 aliphatic carbocycles. The van der Waals surface area contributed by atoms with Gasteiger partial charge in [-0.2, -0.15) is 0 Å². The molecule has 23 heavy (non-hydrogen) atoms. The molecular formula is C16H20N2O4S. The maximum absolute atomic E-state index is 12.8. The summed E-state index contributed by atoms with van der Waals surface area (Å²) < 4.78 is 28.5. The summed E-state index contributed by atoms with van der Waals surface area (Å²) in [6.45, 7) is 0. The van der Waals surface area contributed by atoms with E-state index in [1.165, 1.54) is 43.5 Å². The Morgan fingerprint density at radius 1 is 1.04 bits per heavy atom. The van der Waals surface area contributed by atoms with Crippen molar-refractivity contribution in [3.8, 4) is 0 Å². The summed E-state index contributed by atoms with van der Waals surface area (Å²) in [4.78, 5) is 10.3. The standard InChI is InChI=1S/C16H20N2O4S/c19-18(20)14-3-1-2-4-15(14)23(21,22)17-16-8-11-5-12(9-16)7-13(6-11)10-16/h1-4,11-13,17H,5-10H2. The van der Waals surface area contributed by atoms with Gasteiger partial charge in [-0.1, -0.05) is 12.1 Å². The average Bonchev–Trinajstić information content (AvgIpc) is 2.44. The van der Waals surface area contributed by atoms with Gasteiger partial charge in [-0.05, 0) is 62.3 Å². The summed E-state index contributed by atoms with van der Waals surface area (Å²) in [7, 11) is -3.89. The SMILES string of the molecule is O=[N+]([O-])c1ccccc1S(=O)(=O)NC12CC3CC(CC(C3)C1)C2. The third-order valence-electron chi connectivity index (χ3n) is 5.74. The van der Waals surface area contributed by atoms with Gasteiger partial charge in [-0.3, -0.25) is 10.1 Å². The lowest BCUT2D eigenvalue weighted by Gasteiger charge is -2.56. The molecule has 4 aliphatic rings. The molecule has 0 atom stereocenters. The van der Waals surface area contributed by atoms with Gasteiger partial charge in [-0.15, -0.1) is 0 Å². The lowest BCUT2D eigenvalue weighted by molar-refractivity contribution is -0.387. The number of nitro benzene ring substituents is 1. The second-order valence-electron chi connectivity index (χ2n) is 7.53. The van der Waals surface area contributed by atoms with Crippen LogP contribution in [0.4, 0.5) is 5.69 Å². The van der Waals surface area contributed by atoms with Crippen LogP contribution >= 0.6 is 0 Å². The van der Waals surface area contributed by atoms with Crippen molar-refractivity contribution in [2.24, 2.45) is 17.8 Å². The number of benzene rings is 1. The fourth-order valence-corrected chi connectivity index (χ4v) is 7.02. The Hall–Kier alpha value is -1.47. The van der Waals surface area contributed by atoms with Gasteiger partial charge >= 0.3 is 0 Å². The van der Waals surface area contributed by atoms with Crippen LogP contribution in [-0.2, 0) is 10.0 Å². The number of nitrogens with zero attached hydrogens (tertiary/aromatic N) is 1. The van der Waals surface area contributed by atoms with Gasteiger partial charge in [0.1, 0.15) is 0 Å². The highest BCUT2D eigenvalue weighted by molar-refractivity contribution is 7.89. The van der Waals surface area contributed by atoms with Crippen LogP contribution in [0.3, 0.4) is 0 Å². The number of rotatable bonds is 4. The van der Waals surface area contributed by atoms with E-state index in [-0.39, 0.29) is 10.6 Å². The van der Waals surface area contributed by atoms with E-state index in [0.29, 0.717) is 17.8 Å². The quantitative estimate of drug-likeness (QED) is 0.676. The summed E-state index contributed by atoms with van der Waals surface area (Å²) in [6, 6.07) is 5.58. The van der Waals surface area contributed by atoms with Crippen molar-refractivity contribution in [1.82, 2.24) is 4.72 Å². The molecule has 0 radical (unpaired) electrons. The van der Waals surface area contributed by atoms with E-state index in [4.69, 9.17) is 0 Å². The molecule has 4 saturated carbocycles. The van der Waals surface area contributed by atoms with Crippen LogP contribution in [0.5, 0.6) is 0 Å². The van der Waals surface area contributed by atoms with E-state index in [2.05, 4.69) is 4.72 Å². The number of hydrogen-bond donors (Lipinski definition) is 1. The Morgan fingerprint density at radius 2 is 1.57 bits per heavy atom. The predicted molar refractivity (Wildman–Crippen MR) is 84.3 cm³/mol. The van der Waals surface area contributed by atoms with E-state index in [1.807, 2.05) is 0 Å². The Morgan fingerprint density at radius 3 is 2.09 bits per heavy atom. The van der Waals surface area contributed by atoms with Gasteiger partial charge in [0.05, 0.1) is 4.92 Å². The molecule has 0 spiro atoms. The van der Waals surface area contributed by atoms with Gasteiger partial charge in [0.25, 0.3) is 5.69 Å². The number of nitrogens with one attached hydrogen (secondary N) is 1. The number of hydrogen-bond acceptors (Lipinski definition) is 4. The Labute approximate surface area is 135 Å². The normalized spacial score (nSPS) is 35.4. The van der Waals surface area contributed by atoms with Crippen molar-refractivity contribution in [3.63, 3.8) is 0 Å². The number of nitro groups is 1. The fourth-order valence-electron chi connectivity index (χ4n) is 5.41. The van der Waals surface area contributed by atoms with Crippen LogP contribution in [0, 0.1) is 27.9 Å². The zero-order chi connectivity index (χ0) is 16.2. The van der Waals surface area contributed by atoms with Crippen molar-refractivity contribution in [3.05, 3.63) is 34.4 Å². The predicted octanol–water partition coefficient (Wildman–Crippen LogP) is 2.84. The van der Waals surface area contributed by atoms with Crippen molar-refractivity contribution in [2.75, 3.05) is 0 Å². The van der Waals surface area contributed by atoms with E-state index in [9.17, 15) is 18.5 Å². The topological polar surface area (TPSA) is 89.3 Å². The summed E-state index contributed by atoms with van der Waals surface area (Å²) in [5.41, 5.74) is -0.748. The summed E-state index contributed by atoms with van der Waals surface area (Å²) in [5.74, 6) is 1.82. The van der Waals surface area contributed by atoms with Crippen LogP contribution in [0.1, 0.15) is 38.5 Å². The minimum atomic E-state index is -3.89. The molecule has 4 bridgehead atoms. The van der Waals surface area contributed by atoms with E-state index in [1.54, 1.807) is 0 Å². The first-order valence-electron chi connectivity index (χ1n) is 8.14. The lowest BCUT2D eigenvalue weighted by atomic mass is 9.53. The second-order valence-corrected chi connectivity index (χ2v) is 9.18. The van der Waals surface area contributed by atoms with Crippen molar-refractivity contribution in [1.29, 1.82) is 0 Å². The van der Waals surface area contributed by atoms with Crippen molar-refractivity contribution >= 4 is 15.7 Å². The smallest absolute Gasteiger partial charge is 0.258 e. The second kappa shape index (κ2) is 5.01. The van der Waals surface area contributed by atoms with Gasteiger partial charge in [0.15, 0.2) is 4.90 Å². The highest BCUT2D eigenvalue weighted by Gasteiger charge is 2.52. The Balaban J connectivity index is 1.67. The average molecular weight is 336 g/mol. The van der Waals surface area contributed by atoms with Gasteiger partial charge < -0.3 is 0 Å². The highest BCUT2D eigenvalue weighted by atomic mass is 32.2. The Bertz CT molecular complexity index is 724. The molecule has 124 valence electrons. The molecule has 0 aromatic heterocycles. The van der Waals surface area contributed by atoms with Gasteiger partial charge in [0, 0.05) is 11.6 Å². The molecular weight excluding hydrogens is 316 g/mol. The first kappa shape index (κ1) is 15.1.